The van der Waals surface area contributed by atoms with Gasteiger partial charge in [-0.3, -0.25) is 4.90 Å². The van der Waals surface area contributed by atoms with E-state index in [-0.39, 0.29) is 17.7 Å². The van der Waals surface area contributed by atoms with E-state index in [0.717, 1.165) is 59.3 Å². The third-order valence-corrected chi connectivity index (χ3v) is 7.23. The number of fused-ring (bicyclic) bond motifs is 1. The molecular weight excluding hydrogens is 435 g/mol. The Morgan fingerprint density at radius 3 is 2.76 bits per heavy atom. The van der Waals surface area contributed by atoms with Gasteiger partial charge in [0, 0.05) is 48.4 Å². The zero-order valence-corrected chi connectivity index (χ0v) is 19.6. The Balaban J connectivity index is 1.47. The minimum absolute atomic E-state index is 0.0877. The van der Waals surface area contributed by atoms with Gasteiger partial charge in [-0.25, -0.2) is 9.18 Å². The molecule has 2 N–H and O–H groups in total. The van der Waals surface area contributed by atoms with Gasteiger partial charge in [-0.15, -0.1) is 0 Å². The summed E-state index contributed by atoms with van der Waals surface area (Å²) in [6.45, 7) is 4.29. The molecule has 1 aliphatic heterocycles. The van der Waals surface area contributed by atoms with Crippen molar-refractivity contribution in [3.63, 3.8) is 0 Å². The molecule has 7 heteroatoms. The highest BCUT2D eigenvalue weighted by Crippen LogP contribution is 2.39. The fourth-order valence-corrected chi connectivity index (χ4v) is 5.12. The number of benzene rings is 2. The number of aryl methyl sites for hydroxylation is 1. The van der Waals surface area contributed by atoms with Crippen LogP contribution in [0.5, 0.6) is 5.75 Å². The summed E-state index contributed by atoms with van der Waals surface area (Å²) in [5.74, 6) is -0.438. The molecule has 34 heavy (non-hydrogen) atoms. The molecule has 2 aromatic carbocycles. The number of halogens is 1. The van der Waals surface area contributed by atoms with Crippen molar-refractivity contribution < 1.29 is 23.8 Å². The van der Waals surface area contributed by atoms with Gasteiger partial charge in [-0.2, -0.15) is 0 Å². The van der Waals surface area contributed by atoms with Crippen molar-refractivity contribution in [1.82, 2.24) is 9.88 Å². The van der Waals surface area contributed by atoms with Gasteiger partial charge in [0.1, 0.15) is 11.6 Å². The lowest BCUT2D eigenvalue weighted by atomic mass is 9.91. The standard InChI is InChI=1S/C27H31FN2O4/c1-16-11-25(33-2)22(20-7-9-29-26(16)20)14-30-10-8-19(34-15-17-3-4-17)13-24(30)18-5-6-21(27(31)32)23(28)12-18/h5-7,9,11-12,17,19,24,29H,3-4,8,10,13-15H2,1-2H3,(H,31,32)/t19?,24-/m0/s1. The molecule has 0 radical (unpaired) electrons. The van der Waals surface area contributed by atoms with E-state index in [1.807, 2.05) is 6.20 Å². The number of aromatic carboxylic acids is 1. The van der Waals surface area contributed by atoms with Gasteiger partial charge in [0.2, 0.25) is 0 Å². The van der Waals surface area contributed by atoms with Crippen LogP contribution in [-0.2, 0) is 11.3 Å². The Bertz CT molecular complexity index is 1200. The van der Waals surface area contributed by atoms with Crippen LogP contribution < -0.4 is 4.74 Å². The number of nitrogens with zero attached hydrogens (tertiary/aromatic N) is 1. The van der Waals surface area contributed by atoms with Crippen molar-refractivity contribution in [3.8, 4) is 5.75 Å². The van der Waals surface area contributed by atoms with Crippen molar-refractivity contribution in [2.45, 2.75) is 51.3 Å². The van der Waals surface area contributed by atoms with Crippen molar-refractivity contribution >= 4 is 16.9 Å². The molecule has 0 amide bonds. The van der Waals surface area contributed by atoms with Crippen LogP contribution >= 0.6 is 0 Å². The average Bonchev–Trinajstić information content (AvgIpc) is 3.52. The Hall–Kier alpha value is -2.90. The number of carboxylic acid groups (broad SMARTS) is 1. The van der Waals surface area contributed by atoms with Crippen LogP contribution in [0.4, 0.5) is 4.39 Å². The predicted molar refractivity (Wildman–Crippen MR) is 128 cm³/mol. The van der Waals surface area contributed by atoms with E-state index in [1.54, 1.807) is 13.2 Å². The second-order valence-corrected chi connectivity index (χ2v) is 9.59. The number of likely N-dealkylation sites (tertiary alicyclic amines) is 1. The second-order valence-electron chi connectivity index (χ2n) is 9.59. The Morgan fingerprint density at radius 1 is 1.24 bits per heavy atom. The van der Waals surface area contributed by atoms with Crippen LogP contribution in [0.1, 0.15) is 58.8 Å². The highest BCUT2D eigenvalue weighted by molar-refractivity contribution is 5.88. The van der Waals surface area contributed by atoms with Crippen molar-refractivity contribution in [1.29, 1.82) is 0 Å². The first-order chi connectivity index (χ1) is 16.4. The lowest BCUT2D eigenvalue weighted by Gasteiger charge is -2.40. The maximum atomic E-state index is 14.6. The summed E-state index contributed by atoms with van der Waals surface area (Å²) in [5, 5.41) is 10.4. The van der Waals surface area contributed by atoms with Gasteiger partial charge < -0.3 is 19.6 Å². The maximum Gasteiger partial charge on any atom is 0.338 e. The molecule has 180 valence electrons. The Labute approximate surface area is 198 Å². The fourth-order valence-electron chi connectivity index (χ4n) is 5.12. The number of ether oxygens (including phenoxy) is 2. The topological polar surface area (TPSA) is 74.8 Å². The number of carbonyl (C=O) groups is 1. The molecule has 6 nitrogen and oxygen atoms in total. The van der Waals surface area contributed by atoms with Crippen LogP contribution in [0.3, 0.4) is 0 Å². The van der Waals surface area contributed by atoms with E-state index < -0.39 is 11.8 Å². The molecule has 1 unspecified atom stereocenters. The molecule has 3 aromatic rings. The van der Waals surface area contributed by atoms with Crippen LogP contribution in [0.15, 0.2) is 36.5 Å². The number of rotatable bonds is 8. The average molecular weight is 467 g/mol. The minimum Gasteiger partial charge on any atom is -0.496 e. The number of aromatic amines is 1. The first-order valence-electron chi connectivity index (χ1n) is 12.0. The SMILES string of the molecule is COc1cc(C)c2[nH]ccc2c1CN1CCC(OCC2CC2)C[C@H]1c1ccc(C(=O)O)c(F)c1. The number of H-pyrrole nitrogens is 1. The molecule has 2 atom stereocenters. The third-order valence-electron chi connectivity index (χ3n) is 7.23. The number of nitrogens with one attached hydrogen (secondary N) is 1. The molecule has 0 spiro atoms. The number of hydrogen-bond donors (Lipinski definition) is 2. The quantitative estimate of drug-likeness (QED) is 0.462. The first-order valence-corrected chi connectivity index (χ1v) is 12.0. The van der Waals surface area contributed by atoms with Crippen molar-refractivity contribution in [3.05, 3.63) is 64.6 Å². The van der Waals surface area contributed by atoms with Crippen LogP contribution in [0.2, 0.25) is 0 Å². The van der Waals surface area contributed by atoms with E-state index in [1.165, 1.54) is 25.0 Å². The monoisotopic (exact) mass is 466 g/mol. The van der Waals surface area contributed by atoms with Gasteiger partial charge in [0.05, 0.1) is 18.8 Å². The van der Waals surface area contributed by atoms with E-state index in [0.29, 0.717) is 12.5 Å². The fraction of sp³-hybridized carbons (Fsp3) is 0.444. The van der Waals surface area contributed by atoms with Gasteiger partial charge in [0.25, 0.3) is 0 Å². The lowest BCUT2D eigenvalue weighted by Crippen LogP contribution is -2.39. The smallest absolute Gasteiger partial charge is 0.338 e. The van der Waals surface area contributed by atoms with Crippen LogP contribution in [-0.4, -0.2) is 47.3 Å². The van der Waals surface area contributed by atoms with E-state index in [4.69, 9.17) is 9.47 Å². The summed E-state index contributed by atoms with van der Waals surface area (Å²) < 4.78 is 26.6. The van der Waals surface area contributed by atoms with Crippen LogP contribution in [0.25, 0.3) is 10.9 Å². The largest absolute Gasteiger partial charge is 0.496 e. The summed E-state index contributed by atoms with van der Waals surface area (Å²) in [5.41, 5.74) is 3.78. The molecule has 5 rings (SSSR count). The lowest BCUT2D eigenvalue weighted by molar-refractivity contribution is -0.0229. The molecule has 2 heterocycles. The molecular formula is C27H31FN2O4. The summed E-state index contributed by atoms with van der Waals surface area (Å²) in [6, 6.07) is 8.53. The Morgan fingerprint density at radius 2 is 2.06 bits per heavy atom. The summed E-state index contributed by atoms with van der Waals surface area (Å²) in [4.78, 5) is 17.0. The number of methoxy groups -OCH3 is 1. The van der Waals surface area contributed by atoms with Gasteiger partial charge in [-0.05, 0) is 73.9 Å². The number of aromatic nitrogens is 1. The van der Waals surface area contributed by atoms with Gasteiger partial charge >= 0.3 is 5.97 Å². The molecule has 1 aliphatic carbocycles. The molecule has 1 saturated heterocycles. The van der Waals surface area contributed by atoms with E-state index in [2.05, 4.69) is 28.9 Å². The highest BCUT2D eigenvalue weighted by atomic mass is 19.1. The Kier molecular flexibility index (Phi) is 6.32. The van der Waals surface area contributed by atoms with E-state index >= 15 is 0 Å². The zero-order chi connectivity index (χ0) is 23.8. The predicted octanol–water partition coefficient (Wildman–Crippen LogP) is 5.45. The minimum atomic E-state index is -1.26. The number of carboxylic acids is 1. The summed E-state index contributed by atoms with van der Waals surface area (Å²) >= 11 is 0. The van der Waals surface area contributed by atoms with E-state index in [9.17, 15) is 14.3 Å². The molecule has 2 fully saturated rings. The summed E-state index contributed by atoms with van der Waals surface area (Å²) in [6.07, 6.45) is 6.17. The molecule has 1 saturated carbocycles. The molecule has 2 aliphatic rings. The number of piperidine rings is 1. The molecule has 0 bridgehead atoms. The highest BCUT2D eigenvalue weighted by Gasteiger charge is 2.33. The van der Waals surface area contributed by atoms with Crippen molar-refractivity contribution in [2.75, 3.05) is 20.3 Å². The number of hydrogen-bond acceptors (Lipinski definition) is 4. The van der Waals surface area contributed by atoms with Gasteiger partial charge in [-0.1, -0.05) is 6.07 Å². The normalized spacial score (nSPS) is 21.1. The molecule has 1 aromatic heterocycles. The van der Waals surface area contributed by atoms with Crippen LogP contribution in [0, 0.1) is 18.7 Å². The zero-order valence-electron chi connectivity index (χ0n) is 19.6. The third kappa shape index (κ3) is 4.55. The van der Waals surface area contributed by atoms with Crippen molar-refractivity contribution in [2.24, 2.45) is 5.92 Å². The summed E-state index contributed by atoms with van der Waals surface area (Å²) in [7, 11) is 1.69. The van der Waals surface area contributed by atoms with Gasteiger partial charge in [0.15, 0.2) is 0 Å². The maximum absolute atomic E-state index is 14.6. The second kappa shape index (κ2) is 9.39. The first kappa shape index (κ1) is 22.9.